The molecule has 6 heteroatoms. The Morgan fingerprint density at radius 1 is 1.50 bits per heavy atom. The van der Waals surface area contributed by atoms with Crippen LogP contribution in [0, 0.1) is 0 Å². The van der Waals surface area contributed by atoms with Gasteiger partial charge in [-0.2, -0.15) is 0 Å². The molecule has 0 heterocycles. The van der Waals surface area contributed by atoms with Crippen molar-refractivity contribution in [3.05, 3.63) is 0 Å². The molecule has 1 atom stereocenters. The van der Waals surface area contributed by atoms with Gasteiger partial charge >= 0.3 is 6.03 Å². The fraction of sp³-hybridized carbons (Fsp3) is 0.500. The first-order valence-electron chi connectivity index (χ1n) is 2.54. The van der Waals surface area contributed by atoms with Crippen LogP contribution in [0.15, 0.2) is 0 Å². The van der Waals surface area contributed by atoms with Gasteiger partial charge in [0.05, 0.1) is 0 Å². The van der Waals surface area contributed by atoms with Gasteiger partial charge in [-0.15, -0.1) is 0 Å². The fourth-order valence-corrected chi connectivity index (χ4v) is 0.205. The van der Waals surface area contributed by atoms with Gasteiger partial charge in [0, 0.05) is 0 Å². The van der Waals surface area contributed by atoms with Gasteiger partial charge in [0.2, 0.25) is 5.91 Å². The number of nitrogens with one attached hydrogen (secondary N) is 1. The number of hydrogen-bond acceptors (Lipinski definition) is 3. The Morgan fingerprint density at radius 3 is 2.30 bits per heavy atom. The standard InChI is InChI=1S/C4H9N3O3/c1-2(3(5)8)10-7-4(6)9/h2H,1H3,(H2,5,8)(H3,6,7,9). The minimum absolute atomic E-state index is 0.672. The van der Waals surface area contributed by atoms with Crippen LogP contribution in [0.1, 0.15) is 6.92 Å². The zero-order valence-corrected chi connectivity index (χ0v) is 5.46. The Morgan fingerprint density at radius 2 is 2.00 bits per heavy atom. The first kappa shape index (κ1) is 8.70. The molecule has 0 aromatic carbocycles. The predicted octanol–water partition coefficient (Wildman–Crippen LogP) is -1.54. The predicted molar refractivity (Wildman–Crippen MR) is 32.5 cm³/mol. The van der Waals surface area contributed by atoms with Crippen molar-refractivity contribution in [3.63, 3.8) is 0 Å². The quantitative estimate of drug-likeness (QED) is 0.421. The number of hydroxylamine groups is 1. The third-order valence-electron chi connectivity index (χ3n) is 0.737. The third kappa shape index (κ3) is 3.67. The van der Waals surface area contributed by atoms with E-state index < -0.39 is 18.0 Å². The first-order valence-corrected chi connectivity index (χ1v) is 2.54. The molecule has 0 radical (unpaired) electrons. The molecule has 0 aromatic rings. The highest BCUT2D eigenvalue weighted by Gasteiger charge is 2.08. The molecule has 6 nitrogen and oxygen atoms in total. The summed E-state index contributed by atoms with van der Waals surface area (Å²) in [5, 5.41) is 0. The number of urea groups is 1. The number of rotatable bonds is 3. The van der Waals surface area contributed by atoms with Crippen molar-refractivity contribution in [2.75, 3.05) is 0 Å². The molecule has 0 aromatic heterocycles. The molecule has 5 N–H and O–H groups in total. The molecule has 0 saturated heterocycles. The fourth-order valence-electron chi connectivity index (χ4n) is 0.205. The first-order chi connectivity index (χ1) is 4.54. The molecule has 58 valence electrons. The zero-order valence-electron chi connectivity index (χ0n) is 5.46. The lowest BCUT2D eigenvalue weighted by Crippen LogP contribution is -2.38. The maximum atomic E-state index is 10.2. The summed E-state index contributed by atoms with van der Waals surface area (Å²) in [6.45, 7) is 1.39. The van der Waals surface area contributed by atoms with Crippen LogP contribution in [-0.2, 0) is 9.63 Å². The van der Waals surface area contributed by atoms with Crippen molar-refractivity contribution in [1.29, 1.82) is 0 Å². The molecule has 0 aliphatic carbocycles. The van der Waals surface area contributed by atoms with Crippen LogP contribution in [0.2, 0.25) is 0 Å². The summed E-state index contributed by atoms with van der Waals surface area (Å²) in [6, 6.07) is -0.867. The summed E-state index contributed by atoms with van der Waals surface area (Å²) in [6.07, 6.45) is -0.868. The van der Waals surface area contributed by atoms with Gasteiger partial charge < -0.3 is 11.5 Å². The average Bonchev–Trinajstić information content (AvgIpc) is 1.82. The second-order valence-electron chi connectivity index (χ2n) is 1.63. The molecule has 10 heavy (non-hydrogen) atoms. The van der Waals surface area contributed by atoms with Gasteiger partial charge in [-0.1, -0.05) is 0 Å². The van der Waals surface area contributed by atoms with Crippen LogP contribution in [0.3, 0.4) is 0 Å². The largest absolute Gasteiger partial charge is 0.367 e. The molecule has 0 spiro atoms. The molecular weight excluding hydrogens is 138 g/mol. The lowest BCUT2D eigenvalue weighted by molar-refractivity contribution is -0.131. The number of primary amides is 2. The average molecular weight is 147 g/mol. The Balaban J connectivity index is 3.49. The molecule has 0 aliphatic heterocycles. The van der Waals surface area contributed by atoms with E-state index in [1.165, 1.54) is 6.92 Å². The van der Waals surface area contributed by atoms with Crippen molar-refractivity contribution in [2.45, 2.75) is 13.0 Å². The molecule has 0 rings (SSSR count). The van der Waals surface area contributed by atoms with Gasteiger partial charge in [-0.3, -0.25) is 9.63 Å². The molecule has 1 unspecified atom stereocenters. The summed E-state index contributed by atoms with van der Waals surface area (Å²) >= 11 is 0. The van der Waals surface area contributed by atoms with Crippen molar-refractivity contribution in [2.24, 2.45) is 11.5 Å². The summed E-state index contributed by atoms with van der Waals surface area (Å²) in [4.78, 5) is 24.5. The summed E-state index contributed by atoms with van der Waals surface area (Å²) in [5.74, 6) is -0.672. The van der Waals surface area contributed by atoms with Crippen LogP contribution in [0.25, 0.3) is 0 Å². The molecule has 3 amide bonds. The van der Waals surface area contributed by atoms with E-state index in [4.69, 9.17) is 5.73 Å². The smallest absolute Gasteiger partial charge is 0.336 e. The number of carbonyl (C=O) groups excluding carboxylic acids is 2. The Labute approximate surface area is 57.5 Å². The number of hydrogen-bond donors (Lipinski definition) is 3. The van der Waals surface area contributed by atoms with Gasteiger partial charge in [-0.05, 0) is 6.92 Å². The van der Waals surface area contributed by atoms with E-state index in [1.54, 1.807) is 5.48 Å². The van der Waals surface area contributed by atoms with Crippen LogP contribution >= 0.6 is 0 Å². The second-order valence-corrected chi connectivity index (χ2v) is 1.63. The van der Waals surface area contributed by atoms with E-state index in [0.717, 1.165) is 0 Å². The van der Waals surface area contributed by atoms with Crippen molar-refractivity contribution in [3.8, 4) is 0 Å². The van der Waals surface area contributed by atoms with Crippen LogP contribution < -0.4 is 16.9 Å². The van der Waals surface area contributed by atoms with E-state index in [-0.39, 0.29) is 0 Å². The monoisotopic (exact) mass is 147 g/mol. The molecule has 0 fully saturated rings. The van der Waals surface area contributed by atoms with E-state index in [2.05, 4.69) is 10.6 Å². The molecular formula is C4H9N3O3. The van der Waals surface area contributed by atoms with Gasteiger partial charge in [-0.25, -0.2) is 10.3 Å². The zero-order chi connectivity index (χ0) is 8.15. The lowest BCUT2D eigenvalue weighted by Gasteiger charge is -2.06. The number of nitrogens with two attached hydrogens (primary N) is 2. The number of carbonyl (C=O) groups is 2. The SMILES string of the molecule is CC(ONC(N)=O)C(N)=O. The van der Waals surface area contributed by atoms with E-state index in [1.807, 2.05) is 0 Å². The summed E-state index contributed by atoms with van der Waals surface area (Å²) in [5.41, 5.74) is 11.1. The van der Waals surface area contributed by atoms with Crippen molar-refractivity contribution >= 4 is 11.9 Å². The van der Waals surface area contributed by atoms with Crippen LogP contribution in [-0.4, -0.2) is 18.0 Å². The normalized spacial score (nSPS) is 12.1. The topological polar surface area (TPSA) is 107 Å². The lowest BCUT2D eigenvalue weighted by atomic mass is 10.4. The Bertz CT molecular complexity index is 147. The molecule has 0 bridgehead atoms. The molecule has 0 saturated carbocycles. The van der Waals surface area contributed by atoms with Crippen molar-refractivity contribution in [1.82, 2.24) is 5.48 Å². The maximum Gasteiger partial charge on any atom is 0.336 e. The van der Waals surface area contributed by atoms with Gasteiger partial charge in [0.15, 0.2) is 6.10 Å². The summed E-state index contributed by atoms with van der Waals surface area (Å²) in [7, 11) is 0. The highest BCUT2D eigenvalue weighted by atomic mass is 16.7. The minimum atomic E-state index is -0.868. The van der Waals surface area contributed by atoms with Crippen LogP contribution in [0.5, 0.6) is 0 Å². The Kier molecular flexibility index (Phi) is 3.20. The van der Waals surface area contributed by atoms with Gasteiger partial charge in [0.25, 0.3) is 0 Å². The van der Waals surface area contributed by atoms with E-state index in [0.29, 0.717) is 0 Å². The van der Waals surface area contributed by atoms with E-state index >= 15 is 0 Å². The third-order valence-corrected chi connectivity index (χ3v) is 0.737. The number of amides is 3. The highest BCUT2D eigenvalue weighted by Crippen LogP contribution is 1.82. The van der Waals surface area contributed by atoms with Gasteiger partial charge in [0.1, 0.15) is 0 Å². The van der Waals surface area contributed by atoms with Crippen molar-refractivity contribution < 1.29 is 14.4 Å². The Hall–Kier alpha value is -1.30. The second kappa shape index (κ2) is 3.67. The van der Waals surface area contributed by atoms with Crippen LogP contribution in [0.4, 0.5) is 4.79 Å². The maximum absolute atomic E-state index is 10.2. The minimum Gasteiger partial charge on any atom is -0.367 e. The molecule has 0 aliphatic rings. The highest BCUT2D eigenvalue weighted by molar-refractivity contribution is 5.78. The van der Waals surface area contributed by atoms with E-state index in [9.17, 15) is 9.59 Å². The summed E-state index contributed by atoms with van der Waals surface area (Å²) < 4.78 is 0.